The van der Waals surface area contributed by atoms with Crippen molar-refractivity contribution >= 4 is 21.6 Å². The number of hydrogen-bond donors (Lipinski definition) is 2. The summed E-state index contributed by atoms with van der Waals surface area (Å²) in [7, 11) is -2.37. The summed E-state index contributed by atoms with van der Waals surface area (Å²) in [6.07, 6.45) is 3.69. The van der Waals surface area contributed by atoms with Crippen molar-refractivity contribution in [3.8, 4) is 5.75 Å². The Bertz CT molecular complexity index is 1000. The molecule has 0 heterocycles. The molecule has 0 radical (unpaired) electrons. The predicted octanol–water partition coefficient (Wildman–Crippen LogP) is 4.09. The highest BCUT2D eigenvalue weighted by atomic mass is 32.2. The highest BCUT2D eigenvalue weighted by molar-refractivity contribution is 7.89. The second-order valence-electron chi connectivity index (χ2n) is 7.70. The molecule has 0 spiro atoms. The van der Waals surface area contributed by atoms with Crippen LogP contribution in [0.4, 0.5) is 5.69 Å². The summed E-state index contributed by atoms with van der Waals surface area (Å²) < 4.78 is 33.8. The molecular weight excluding hydrogens is 388 g/mol. The normalized spacial score (nSPS) is 14.8. The minimum atomic E-state index is -3.79. The van der Waals surface area contributed by atoms with Crippen LogP contribution >= 0.6 is 0 Å². The number of carbonyl (C=O) groups excluding carboxylic acids is 1. The van der Waals surface area contributed by atoms with Gasteiger partial charge in [0, 0.05) is 17.3 Å². The minimum absolute atomic E-state index is 0.0168. The van der Waals surface area contributed by atoms with Crippen LogP contribution in [0.5, 0.6) is 5.75 Å². The Morgan fingerprint density at radius 3 is 2.24 bits per heavy atom. The topological polar surface area (TPSA) is 84.5 Å². The molecule has 3 rings (SSSR count). The highest BCUT2D eigenvalue weighted by Gasteiger charge is 2.26. The maximum Gasteiger partial charge on any atom is 0.255 e. The van der Waals surface area contributed by atoms with Gasteiger partial charge >= 0.3 is 0 Å². The van der Waals surface area contributed by atoms with Gasteiger partial charge in [0.15, 0.2) is 0 Å². The van der Waals surface area contributed by atoms with Crippen LogP contribution in [0.15, 0.2) is 35.2 Å². The molecule has 1 amide bonds. The number of nitrogens with one attached hydrogen (secondary N) is 2. The summed E-state index contributed by atoms with van der Waals surface area (Å²) in [5, 5.41) is 2.92. The molecule has 0 unspecified atom stereocenters. The number of rotatable bonds is 6. The lowest BCUT2D eigenvalue weighted by molar-refractivity contribution is 0.102. The Balaban J connectivity index is 1.91. The Hall–Kier alpha value is -2.38. The summed E-state index contributed by atoms with van der Waals surface area (Å²) in [6.45, 7) is 5.87. The van der Waals surface area contributed by atoms with E-state index in [4.69, 9.17) is 4.74 Å². The molecule has 1 saturated carbocycles. The zero-order valence-corrected chi connectivity index (χ0v) is 18.2. The zero-order valence-electron chi connectivity index (χ0n) is 17.3. The zero-order chi connectivity index (χ0) is 21.2. The molecular formula is C22H28N2O4S. The summed E-state index contributed by atoms with van der Waals surface area (Å²) in [4.78, 5) is 12.8. The van der Waals surface area contributed by atoms with Gasteiger partial charge in [-0.05, 0) is 62.9 Å². The second kappa shape index (κ2) is 8.55. The van der Waals surface area contributed by atoms with E-state index < -0.39 is 10.0 Å². The number of amides is 1. The monoisotopic (exact) mass is 416 g/mol. The molecule has 29 heavy (non-hydrogen) atoms. The van der Waals surface area contributed by atoms with E-state index in [2.05, 4.69) is 10.0 Å². The van der Waals surface area contributed by atoms with Gasteiger partial charge in [0.1, 0.15) is 10.6 Å². The first kappa shape index (κ1) is 21.3. The summed E-state index contributed by atoms with van der Waals surface area (Å²) in [6, 6.07) is 8.40. The molecule has 0 saturated heterocycles. The van der Waals surface area contributed by atoms with E-state index in [1.165, 1.54) is 19.2 Å². The van der Waals surface area contributed by atoms with Gasteiger partial charge < -0.3 is 10.1 Å². The molecule has 1 aliphatic rings. The second-order valence-corrected chi connectivity index (χ2v) is 9.38. The molecule has 0 aliphatic heterocycles. The fourth-order valence-electron chi connectivity index (χ4n) is 3.92. The Labute approximate surface area is 172 Å². The Kier molecular flexibility index (Phi) is 6.29. The van der Waals surface area contributed by atoms with Crippen molar-refractivity contribution in [2.24, 2.45) is 0 Å². The fourth-order valence-corrected chi connectivity index (χ4v) is 5.42. The quantitative estimate of drug-likeness (QED) is 0.743. The Morgan fingerprint density at radius 1 is 1.03 bits per heavy atom. The molecule has 7 heteroatoms. The largest absolute Gasteiger partial charge is 0.495 e. The molecule has 6 nitrogen and oxygen atoms in total. The van der Waals surface area contributed by atoms with Crippen LogP contribution in [0.1, 0.15) is 52.7 Å². The third kappa shape index (κ3) is 4.79. The van der Waals surface area contributed by atoms with Crippen LogP contribution in [0.25, 0.3) is 0 Å². The predicted molar refractivity (Wildman–Crippen MR) is 114 cm³/mol. The molecule has 2 N–H and O–H groups in total. The van der Waals surface area contributed by atoms with Gasteiger partial charge in [-0.25, -0.2) is 13.1 Å². The van der Waals surface area contributed by atoms with Crippen LogP contribution in [0.2, 0.25) is 0 Å². The molecule has 0 aromatic heterocycles. The lowest BCUT2D eigenvalue weighted by atomic mass is 10.0. The minimum Gasteiger partial charge on any atom is -0.495 e. The third-order valence-electron chi connectivity index (χ3n) is 5.31. The average Bonchev–Trinajstić information content (AvgIpc) is 3.16. The third-order valence-corrected chi connectivity index (χ3v) is 6.85. The van der Waals surface area contributed by atoms with Crippen LogP contribution < -0.4 is 14.8 Å². The smallest absolute Gasteiger partial charge is 0.255 e. The number of aryl methyl sites for hydroxylation is 3. The molecule has 0 bridgehead atoms. The number of ether oxygens (including phenoxy) is 1. The van der Waals surface area contributed by atoms with Gasteiger partial charge in [-0.15, -0.1) is 0 Å². The number of sulfonamides is 1. The fraction of sp³-hybridized carbons (Fsp3) is 0.409. The van der Waals surface area contributed by atoms with Crippen molar-refractivity contribution in [3.05, 3.63) is 52.6 Å². The van der Waals surface area contributed by atoms with E-state index in [0.717, 1.165) is 48.1 Å². The van der Waals surface area contributed by atoms with E-state index >= 15 is 0 Å². The van der Waals surface area contributed by atoms with Gasteiger partial charge in [-0.3, -0.25) is 4.79 Å². The first-order valence-electron chi connectivity index (χ1n) is 9.81. The van der Waals surface area contributed by atoms with Crippen molar-refractivity contribution in [1.29, 1.82) is 0 Å². The van der Waals surface area contributed by atoms with Crippen molar-refractivity contribution in [1.82, 2.24) is 4.72 Å². The van der Waals surface area contributed by atoms with Crippen LogP contribution in [0, 0.1) is 20.8 Å². The van der Waals surface area contributed by atoms with Crippen molar-refractivity contribution in [2.75, 3.05) is 12.4 Å². The summed E-state index contributed by atoms with van der Waals surface area (Å²) in [5.41, 5.74) is 4.04. The van der Waals surface area contributed by atoms with Gasteiger partial charge in [0.05, 0.1) is 7.11 Å². The van der Waals surface area contributed by atoms with E-state index in [9.17, 15) is 13.2 Å². The standard InChI is InChI=1S/C22H28N2O4S/c1-14-11-15(2)21(16(3)12-14)23-22(25)17-9-10-19(28-4)20(13-17)29(26,27)24-18-7-5-6-8-18/h9-13,18,24H,5-8H2,1-4H3,(H,23,25). The van der Waals surface area contributed by atoms with E-state index in [1.807, 2.05) is 32.9 Å². The summed E-state index contributed by atoms with van der Waals surface area (Å²) >= 11 is 0. The van der Waals surface area contributed by atoms with E-state index in [1.54, 1.807) is 6.07 Å². The number of benzene rings is 2. The maximum atomic E-state index is 12.9. The first-order chi connectivity index (χ1) is 13.7. The van der Waals surface area contributed by atoms with E-state index in [-0.39, 0.29) is 28.2 Å². The SMILES string of the molecule is COc1ccc(C(=O)Nc2c(C)cc(C)cc2C)cc1S(=O)(=O)NC1CCCC1. The Morgan fingerprint density at radius 2 is 1.66 bits per heavy atom. The van der Waals surface area contributed by atoms with Gasteiger partial charge in [-0.2, -0.15) is 0 Å². The lowest BCUT2D eigenvalue weighted by Crippen LogP contribution is -2.33. The number of hydrogen-bond acceptors (Lipinski definition) is 4. The molecule has 0 atom stereocenters. The van der Waals surface area contributed by atoms with Gasteiger partial charge in [0.2, 0.25) is 10.0 Å². The van der Waals surface area contributed by atoms with Crippen LogP contribution in [0.3, 0.4) is 0 Å². The molecule has 2 aromatic carbocycles. The molecule has 156 valence electrons. The van der Waals surface area contributed by atoms with E-state index in [0.29, 0.717) is 0 Å². The first-order valence-corrected chi connectivity index (χ1v) is 11.3. The van der Waals surface area contributed by atoms with Crippen molar-refractivity contribution in [2.45, 2.75) is 57.4 Å². The van der Waals surface area contributed by atoms with Gasteiger partial charge in [-0.1, -0.05) is 30.5 Å². The summed E-state index contributed by atoms with van der Waals surface area (Å²) in [5.74, 6) is -0.144. The number of methoxy groups -OCH3 is 1. The molecule has 1 aliphatic carbocycles. The van der Waals surface area contributed by atoms with Crippen molar-refractivity contribution in [3.63, 3.8) is 0 Å². The molecule has 2 aromatic rings. The lowest BCUT2D eigenvalue weighted by Gasteiger charge is -2.16. The van der Waals surface area contributed by atoms with Crippen molar-refractivity contribution < 1.29 is 17.9 Å². The van der Waals surface area contributed by atoms with Gasteiger partial charge in [0.25, 0.3) is 5.91 Å². The maximum absolute atomic E-state index is 12.9. The van der Waals surface area contributed by atoms with Crippen LogP contribution in [-0.2, 0) is 10.0 Å². The number of carbonyl (C=O) groups is 1. The number of anilines is 1. The van der Waals surface area contributed by atoms with Crippen LogP contribution in [-0.4, -0.2) is 27.5 Å². The average molecular weight is 417 g/mol. The molecule has 1 fully saturated rings. The highest BCUT2D eigenvalue weighted by Crippen LogP contribution is 2.28.